The molecule has 0 aliphatic carbocycles. The number of aryl methyl sites for hydroxylation is 2. The summed E-state index contributed by atoms with van der Waals surface area (Å²) in [6.07, 6.45) is 1.15. The highest BCUT2D eigenvalue weighted by Gasteiger charge is 2.27. The molecule has 1 unspecified atom stereocenters. The predicted molar refractivity (Wildman–Crippen MR) is 51.2 cm³/mol. The standard InChI is InChI=1S/C9H17N3O/c1-6-5-12(4)11-7(6)8(13)9(2,3)10/h5,8,13H,10H2,1-4H3. The maximum Gasteiger partial charge on any atom is 0.115 e. The molecule has 0 fully saturated rings. The molecule has 0 amide bonds. The van der Waals surface area contributed by atoms with E-state index in [0.29, 0.717) is 5.69 Å². The molecule has 0 saturated carbocycles. The van der Waals surface area contributed by atoms with Crippen molar-refractivity contribution in [3.05, 3.63) is 17.5 Å². The van der Waals surface area contributed by atoms with Crippen LogP contribution in [0.3, 0.4) is 0 Å². The van der Waals surface area contributed by atoms with E-state index in [-0.39, 0.29) is 0 Å². The van der Waals surface area contributed by atoms with Crippen LogP contribution in [0.25, 0.3) is 0 Å². The first-order chi connectivity index (χ1) is 5.82. The lowest BCUT2D eigenvalue weighted by molar-refractivity contribution is 0.0992. The average Bonchev–Trinajstić information content (AvgIpc) is 2.26. The van der Waals surface area contributed by atoms with Gasteiger partial charge in [0.1, 0.15) is 6.10 Å². The molecule has 1 rings (SSSR count). The van der Waals surface area contributed by atoms with E-state index in [1.54, 1.807) is 18.5 Å². The van der Waals surface area contributed by atoms with Gasteiger partial charge in [-0.15, -0.1) is 0 Å². The lowest BCUT2D eigenvalue weighted by Crippen LogP contribution is -2.39. The van der Waals surface area contributed by atoms with E-state index < -0.39 is 11.6 Å². The summed E-state index contributed by atoms with van der Waals surface area (Å²) in [7, 11) is 1.83. The van der Waals surface area contributed by atoms with E-state index in [4.69, 9.17) is 5.73 Å². The molecule has 0 spiro atoms. The van der Waals surface area contributed by atoms with Crippen LogP contribution in [0.1, 0.15) is 31.2 Å². The fraction of sp³-hybridized carbons (Fsp3) is 0.667. The van der Waals surface area contributed by atoms with Gasteiger partial charge in [0.15, 0.2) is 0 Å². The van der Waals surface area contributed by atoms with Crippen LogP contribution < -0.4 is 5.73 Å². The van der Waals surface area contributed by atoms with Crippen molar-refractivity contribution in [3.8, 4) is 0 Å². The summed E-state index contributed by atoms with van der Waals surface area (Å²) in [6, 6.07) is 0. The molecule has 1 heterocycles. The van der Waals surface area contributed by atoms with Gasteiger partial charge in [-0.2, -0.15) is 5.10 Å². The van der Waals surface area contributed by atoms with Crippen molar-refractivity contribution in [1.82, 2.24) is 9.78 Å². The van der Waals surface area contributed by atoms with Crippen molar-refractivity contribution in [2.75, 3.05) is 0 Å². The molecule has 0 aliphatic rings. The van der Waals surface area contributed by atoms with E-state index >= 15 is 0 Å². The highest BCUT2D eigenvalue weighted by molar-refractivity contribution is 5.19. The number of rotatable bonds is 2. The SMILES string of the molecule is Cc1cn(C)nc1C(O)C(C)(C)N. The smallest absolute Gasteiger partial charge is 0.115 e. The summed E-state index contributed by atoms with van der Waals surface area (Å²) >= 11 is 0. The highest BCUT2D eigenvalue weighted by Crippen LogP contribution is 2.23. The summed E-state index contributed by atoms with van der Waals surface area (Å²) in [5.74, 6) is 0. The molecule has 3 N–H and O–H groups in total. The molecule has 13 heavy (non-hydrogen) atoms. The van der Waals surface area contributed by atoms with Crippen molar-refractivity contribution in [1.29, 1.82) is 0 Å². The van der Waals surface area contributed by atoms with E-state index in [1.165, 1.54) is 0 Å². The Morgan fingerprint density at radius 1 is 1.62 bits per heavy atom. The number of aromatic nitrogens is 2. The van der Waals surface area contributed by atoms with E-state index in [2.05, 4.69) is 5.10 Å². The Hall–Kier alpha value is -0.870. The first-order valence-corrected chi connectivity index (χ1v) is 4.29. The van der Waals surface area contributed by atoms with Gasteiger partial charge in [-0.1, -0.05) is 0 Å². The van der Waals surface area contributed by atoms with Gasteiger partial charge in [0.05, 0.1) is 5.69 Å². The van der Waals surface area contributed by atoms with E-state index in [9.17, 15) is 5.11 Å². The Labute approximate surface area is 78.4 Å². The van der Waals surface area contributed by atoms with Crippen LogP contribution in [0.15, 0.2) is 6.20 Å². The molecule has 4 heteroatoms. The zero-order valence-electron chi connectivity index (χ0n) is 8.57. The Balaban J connectivity index is 3.01. The first kappa shape index (κ1) is 10.2. The Kier molecular flexibility index (Phi) is 2.45. The summed E-state index contributed by atoms with van der Waals surface area (Å²) in [4.78, 5) is 0. The number of nitrogens with two attached hydrogens (primary N) is 1. The van der Waals surface area contributed by atoms with Gasteiger partial charge in [-0.05, 0) is 26.3 Å². The molecular weight excluding hydrogens is 166 g/mol. The minimum atomic E-state index is -0.714. The molecule has 0 saturated heterocycles. The van der Waals surface area contributed by atoms with E-state index in [0.717, 1.165) is 5.56 Å². The van der Waals surface area contributed by atoms with E-state index in [1.807, 2.05) is 20.2 Å². The average molecular weight is 183 g/mol. The van der Waals surface area contributed by atoms with Crippen molar-refractivity contribution in [2.45, 2.75) is 32.4 Å². The quantitative estimate of drug-likeness (QED) is 0.701. The molecule has 0 radical (unpaired) electrons. The number of aliphatic hydroxyl groups is 1. The molecule has 1 aromatic rings. The normalized spacial score (nSPS) is 14.6. The molecule has 0 aliphatic heterocycles. The Morgan fingerprint density at radius 2 is 2.15 bits per heavy atom. The number of nitrogens with zero attached hydrogens (tertiary/aromatic N) is 2. The van der Waals surface area contributed by atoms with Crippen LogP contribution in [-0.2, 0) is 7.05 Å². The van der Waals surface area contributed by atoms with Crippen LogP contribution >= 0.6 is 0 Å². The zero-order chi connectivity index (χ0) is 10.2. The minimum absolute atomic E-state index is 0.654. The van der Waals surface area contributed by atoms with Gasteiger partial charge in [0, 0.05) is 18.8 Å². The monoisotopic (exact) mass is 183 g/mol. The highest BCUT2D eigenvalue weighted by atomic mass is 16.3. The largest absolute Gasteiger partial charge is 0.385 e. The summed E-state index contributed by atoms with van der Waals surface area (Å²) in [5.41, 5.74) is 6.76. The minimum Gasteiger partial charge on any atom is -0.385 e. The van der Waals surface area contributed by atoms with Gasteiger partial charge in [0.2, 0.25) is 0 Å². The van der Waals surface area contributed by atoms with Gasteiger partial charge < -0.3 is 10.8 Å². The number of hydrogen-bond donors (Lipinski definition) is 2. The molecule has 74 valence electrons. The second-order valence-corrected chi connectivity index (χ2v) is 4.09. The van der Waals surface area contributed by atoms with Gasteiger partial charge >= 0.3 is 0 Å². The third-order valence-corrected chi connectivity index (χ3v) is 2.01. The molecule has 1 atom stereocenters. The molecule has 1 aromatic heterocycles. The predicted octanol–water partition coefficient (Wildman–Crippen LogP) is 0.499. The topological polar surface area (TPSA) is 64.1 Å². The fourth-order valence-electron chi connectivity index (χ4n) is 1.25. The van der Waals surface area contributed by atoms with Gasteiger partial charge in [-0.25, -0.2) is 0 Å². The van der Waals surface area contributed by atoms with Crippen LogP contribution in [0, 0.1) is 6.92 Å². The third-order valence-electron chi connectivity index (χ3n) is 2.01. The second kappa shape index (κ2) is 3.12. The van der Waals surface area contributed by atoms with Crippen LogP contribution in [-0.4, -0.2) is 20.4 Å². The molecule has 0 aromatic carbocycles. The van der Waals surface area contributed by atoms with Crippen LogP contribution in [0.5, 0.6) is 0 Å². The van der Waals surface area contributed by atoms with Gasteiger partial charge in [0.25, 0.3) is 0 Å². The zero-order valence-corrected chi connectivity index (χ0v) is 8.57. The van der Waals surface area contributed by atoms with Crippen LogP contribution in [0.4, 0.5) is 0 Å². The van der Waals surface area contributed by atoms with Crippen molar-refractivity contribution < 1.29 is 5.11 Å². The second-order valence-electron chi connectivity index (χ2n) is 4.09. The van der Waals surface area contributed by atoms with Crippen molar-refractivity contribution >= 4 is 0 Å². The number of aliphatic hydroxyl groups excluding tert-OH is 1. The maximum absolute atomic E-state index is 9.85. The summed E-state index contributed by atoms with van der Waals surface area (Å²) in [6.45, 7) is 5.48. The molecular formula is C9H17N3O. The van der Waals surface area contributed by atoms with Crippen molar-refractivity contribution in [2.24, 2.45) is 12.8 Å². The van der Waals surface area contributed by atoms with Crippen molar-refractivity contribution in [3.63, 3.8) is 0 Å². The Morgan fingerprint density at radius 3 is 2.46 bits per heavy atom. The molecule has 0 bridgehead atoms. The fourth-order valence-corrected chi connectivity index (χ4v) is 1.25. The lowest BCUT2D eigenvalue weighted by atomic mass is 9.95. The summed E-state index contributed by atoms with van der Waals surface area (Å²) in [5, 5.41) is 14.0. The van der Waals surface area contributed by atoms with Gasteiger partial charge in [-0.3, -0.25) is 4.68 Å². The summed E-state index contributed by atoms with van der Waals surface area (Å²) < 4.78 is 1.68. The lowest BCUT2D eigenvalue weighted by Gasteiger charge is -2.24. The first-order valence-electron chi connectivity index (χ1n) is 4.29. The maximum atomic E-state index is 9.85. The third kappa shape index (κ3) is 2.08. The number of hydrogen-bond acceptors (Lipinski definition) is 3. The molecule has 4 nitrogen and oxygen atoms in total. The Bertz CT molecular complexity index is 298. The van der Waals surface area contributed by atoms with Crippen LogP contribution in [0.2, 0.25) is 0 Å².